The van der Waals surface area contributed by atoms with E-state index in [-0.39, 0.29) is 29.3 Å². The Bertz CT molecular complexity index is 667. The first-order valence-corrected chi connectivity index (χ1v) is 7.92. The molecule has 0 unspecified atom stereocenters. The van der Waals surface area contributed by atoms with Gasteiger partial charge >= 0.3 is 0 Å². The van der Waals surface area contributed by atoms with Crippen LogP contribution in [0.1, 0.15) is 31.4 Å². The van der Waals surface area contributed by atoms with Crippen molar-refractivity contribution >= 4 is 17.6 Å². The van der Waals surface area contributed by atoms with Crippen molar-refractivity contribution in [2.45, 2.75) is 27.2 Å². The number of fused-ring (bicyclic) bond motifs is 1. The lowest BCUT2D eigenvalue weighted by Crippen LogP contribution is -2.26. The monoisotopic (exact) mass is 294 g/mol. The quantitative estimate of drug-likeness (QED) is 0.621. The fourth-order valence-corrected chi connectivity index (χ4v) is 4.31. The standard InChI is InChI=1S/C20H22O2/c1-13-7-4-5-8-16(13)11-12-17-9-6-10-18-19(17)20(18,14(2)21)15(3)22/h4-9,11-12,17-19H,10H2,1-3H3/b12-11+/t17-,18-,19+/m1/s1. The van der Waals surface area contributed by atoms with E-state index < -0.39 is 5.41 Å². The van der Waals surface area contributed by atoms with Gasteiger partial charge in [0, 0.05) is 0 Å². The molecule has 114 valence electrons. The van der Waals surface area contributed by atoms with Crippen molar-refractivity contribution in [2.24, 2.45) is 23.2 Å². The van der Waals surface area contributed by atoms with Gasteiger partial charge in [0.1, 0.15) is 11.6 Å². The minimum Gasteiger partial charge on any atom is -0.299 e. The molecule has 0 aliphatic heterocycles. The van der Waals surface area contributed by atoms with Crippen molar-refractivity contribution in [3.63, 3.8) is 0 Å². The maximum atomic E-state index is 12.1. The molecule has 0 N–H and O–H groups in total. The smallest absolute Gasteiger partial charge is 0.143 e. The van der Waals surface area contributed by atoms with Crippen LogP contribution in [0.25, 0.3) is 6.08 Å². The Morgan fingerprint density at radius 1 is 1.18 bits per heavy atom. The van der Waals surface area contributed by atoms with Gasteiger partial charge in [0.2, 0.25) is 0 Å². The molecule has 2 aliphatic rings. The van der Waals surface area contributed by atoms with Crippen molar-refractivity contribution in [3.05, 3.63) is 53.6 Å². The van der Waals surface area contributed by atoms with Crippen LogP contribution in [0.3, 0.4) is 0 Å². The molecule has 0 bridgehead atoms. The molecule has 0 radical (unpaired) electrons. The Morgan fingerprint density at radius 2 is 1.86 bits per heavy atom. The van der Waals surface area contributed by atoms with Gasteiger partial charge in [0.05, 0.1) is 5.41 Å². The highest BCUT2D eigenvalue weighted by molar-refractivity contribution is 6.09. The van der Waals surface area contributed by atoms with Gasteiger partial charge < -0.3 is 0 Å². The maximum Gasteiger partial charge on any atom is 0.143 e. The first kappa shape index (κ1) is 15.0. The molecule has 1 aromatic rings. The molecule has 2 aliphatic carbocycles. The number of carbonyl (C=O) groups excluding carboxylic acids is 2. The van der Waals surface area contributed by atoms with Crippen LogP contribution in [-0.4, -0.2) is 11.6 Å². The van der Waals surface area contributed by atoms with Crippen LogP contribution in [0.2, 0.25) is 0 Å². The normalized spacial score (nSPS) is 28.4. The van der Waals surface area contributed by atoms with Crippen molar-refractivity contribution in [2.75, 3.05) is 0 Å². The van der Waals surface area contributed by atoms with Gasteiger partial charge in [0.25, 0.3) is 0 Å². The molecule has 3 atom stereocenters. The number of aryl methyl sites for hydroxylation is 1. The molecule has 0 spiro atoms. The molecule has 0 amide bonds. The number of hydrogen-bond acceptors (Lipinski definition) is 2. The molecule has 0 aromatic heterocycles. The highest BCUT2D eigenvalue weighted by Gasteiger charge is 2.72. The number of rotatable bonds is 4. The molecule has 0 saturated heterocycles. The van der Waals surface area contributed by atoms with Crippen molar-refractivity contribution in [1.29, 1.82) is 0 Å². The van der Waals surface area contributed by atoms with Crippen LogP contribution in [-0.2, 0) is 9.59 Å². The zero-order chi connectivity index (χ0) is 15.9. The third-order valence-electron chi connectivity index (χ3n) is 5.45. The Balaban J connectivity index is 1.88. The summed E-state index contributed by atoms with van der Waals surface area (Å²) in [6, 6.07) is 8.23. The molecule has 2 nitrogen and oxygen atoms in total. The van der Waals surface area contributed by atoms with Gasteiger partial charge in [-0.1, -0.05) is 48.6 Å². The van der Waals surface area contributed by atoms with Crippen molar-refractivity contribution in [3.8, 4) is 0 Å². The lowest BCUT2D eigenvalue weighted by atomic mass is 9.88. The number of benzene rings is 1. The second-order valence-electron chi connectivity index (χ2n) is 6.57. The summed E-state index contributed by atoms with van der Waals surface area (Å²) in [5.74, 6) is 0.582. The second-order valence-corrected chi connectivity index (χ2v) is 6.57. The predicted octanol–water partition coefficient (Wildman–Crippen LogP) is 3.99. The van der Waals surface area contributed by atoms with Gasteiger partial charge in [-0.05, 0) is 56.1 Å². The minimum absolute atomic E-state index is 0.0352. The topological polar surface area (TPSA) is 34.1 Å². The number of Topliss-reactive ketones (excluding diaryl/α,β-unsaturated/α-hetero) is 2. The summed E-state index contributed by atoms with van der Waals surface area (Å²) < 4.78 is 0. The molecule has 22 heavy (non-hydrogen) atoms. The van der Waals surface area contributed by atoms with E-state index in [0.717, 1.165) is 6.42 Å². The number of ketones is 2. The Labute approximate surface area is 131 Å². The molecule has 1 fully saturated rings. The van der Waals surface area contributed by atoms with Gasteiger partial charge in [-0.2, -0.15) is 0 Å². The van der Waals surface area contributed by atoms with E-state index in [1.807, 2.05) is 12.1 Å². The summed E-state index contributed by atoms with van der Waals surface area (Å²) in [6.45, 7) is 5.23. The van der Waals surface area contributed by atoms with E-state index in [1.165, 1.54) is 11.1 Å². The van der Waals surface area contributed by atoms with Gasteiger partial charge in [-0.25, -0.2) is 0 Å². The van der Waals surface area contributed by atoms with Crippen LogP contribution >= 0.6 is 0 Å². The third-order valence-corrected chi connectivity index (χ3v) is 5.45. The fourth-order valence-electron chi connectivity index (χ4n) is 4.31. The van der Waals surface area contributed by atoms with E-state index in [1.54, 1.807) is 13.8 Å². The average molecular weight is 294 g/mol. The van der Waals surface area contributed by atoms with Gasteiger partial charge in [-0.3, -0.25) is 9.59 Å². The molecule has 1 saturated carbocycles. The van der Waals surface area contributed by atoms with E-state index in [2.05, 4.69) is 43.4 Å². The largest absolute Gasteiger partial charge is 0.299 e. The summed E-state index contributed by atoms with van der Waals surface area (Å²) in [5.41, 5.74) is 1.69. The van der Waals surface area contributed by atoms with Crippen LogP contribution in [0.5, 0.6) is 0 Å². The summed E-state index contributed by atoms with van der Waals surface area (Å²) in [6.07, 6.45) is 9.41. The molecule has 2 heteroatoms. The minimum atomic E-state index is -0.732. The molecular formula is C20H22O2. The molecule has 1 aromatic carbocycles. The molecule has 3 rings (SSSR count). The lowest BCUT2D eigenvalue weighted by Gasteiger charge is -2.14. The number of allylic oxidation sites excluding steroid dienone is 3. The number of hydrogen-bond donors (Lipinski definition) is 0. The summed E-state index contributed by atoms with van der Waals surface area (Å²) in [4.78, 5) is 24.3. The summed E-state index contributed by atoms with van der Waals surface area (Å²) >= 11 is 0. The van der Waals surface area contributed by atoms with Crippen molar-refractivity contribution < 1.29 is 9.59 Å². The third kappa shape index (κ3) is 2.09. The molecular weight excluding hydrogens is 272 g/mol. The van der Waals surface area contributed by atoms with E-state index in [9.17, 15) is 9.59 Å². The van der Waals surface area contributed by atoms with E-state index >= 15 is 0 Å². The van der Waals surface area contributed by atoms with Crippen LogP contribution in [0, 0.1) is 30.1 Å². The average Bonchev–Trinajstić information content (AvgIpc) is 3.17. The van der Waals surface area contributed by atoms with Gasteiger partial charge in [-0.15, -0.1) is 0 Å². The highest BCUT2D eigenvalue weighted by atomic mass is 16.2. The van der Waals surface area contributed by atoms with Crippen molar-refractivity contribution in [1.82, 2.24) is 0 Å². The van der Waals surface area contributed by atoms with Crippen LogP contribution < -0.4 is 0 Å². The SMILES string of the molecule is CC(=O)C1(C(C)=O)[C@H]2[C@@H](/C=C/c3ccccc3C)C=CC[C@H]21. The van der Waals surface area contributed by atoms with E-state index in [4.69, 9.17) is 0 Å². The lowest BCUT2D eigenvalue weighted by molar-refractivity contribution is -0.133. The zero-order valence-corrected chi connectivity index (χ0v) is 13.4. The van der Waals surface area contributed by atoms with Crippen LogP contribution in [0.4, 0.5) is 0 Å². The number of carbonyl (C=O) groups is 2. The Kier molecular flexibility index (Phi) is 3.64. The zero-order valence-electron chi connectivity index (χ0n) is 13.4. The van der Waals surface area contributed by atoms with E-state index in [0.29, 0.717) is 0 Å². The predicted molar refractivity (Wildman–Crippen MR) is 88.2 cm³/mol. The first-order chi connectivity index (χ1) is 10.5. The second kappa shape index (κ2) is 5.35. The van der Waals surface area contributed by atoms with Crippen LogP contribution in [0.15, 0.2) is 42.5 Å². The first-order valence-electron chi connectivity index (χ1n) is 7.92. The fraction of sp³-hybridized carbons (Fsp3) is 0.400. The maximum absolute atomic E-state index is 12.1. The molecule has 0 heterocycles. The Hall–Kier alpha value is -1.96. The Morgan fingerprint density at radius 3 is 2.50 bits per heavy atom. The highest BCUT2D eigenvalue weighted by Crippen LogP contribution is 2.67. The summed E-state index contributed by atoms with van der Waals surface area (Å²) in [5, 5.41) is 0. The van der Waals surface area contributed by atoms with Gasteiger partial charge in [0.15, 0.2) is 0 Å². The summed E-state index contributed by atoms with van der Waals surface area (Å²) in [7, 11) is 0.